The lowest BCUT2D eigenvalue weighted by atomic mass is 9.99. The Hall–Kier alpha value is -0.330. The second kappa shape index (κ2) is 7.18. The molecule has 0 aromatic heterocycles. The van der Waals surface area contributed by atoms with E-state index in [0.29, 0.717) is 0 Å². The number of carbonyl (C=O) groups excluding carboxylic acids is 1. The van der Waals surface area contributed by atoms with Gasteiger partial charge in [0.15, 0.2) is 0 Å². The topological polar surface area (TPSA) is 41.1 Å². The fourth-order valence-electron chi connectivity index (χ4n) is 1.89. The van der Waals surface area contributed by atoms with E-state index in [9.17, 15) is 4.79 Å². The third kappa shape index (κ3) is 4.44. The van der Waals surface area contributed by atoms with E-state index < -0.39 is 0 Å². The number of hydrogen-bond donors (Lipinski definition) is 2. The highest BCUT2D eigenvalue weighted by Gasteiger charge is 2.20. The highest BCUT2D eigenvalue weighted by atomic mass is 127. The maximum Gasteiger partial charge on any atom is 0.228 e. The van der Waals surface area contributed by atoms with Crippen molar-refractivity contribution in [3.63, 3.8) is 0 Å². The van der Waals surface area contributed by atoms with Gasteiger partial charge in [0.2, 0.25) is 5.91 Å². The summed E-state index contributed by atoms with van der Waals surface area (Å²) in [5.74, 6) is 0.251. The first-order valence-corrected chi connectivity index (χ1v) is 6.61. The lowest BCUT2D eigenvalue weighted by Crippen LogP contribution is -2.37. The van der Waals surface area contributed by atoms with E-state index in [1.807, 2.05) is 24.3 Å². The summed E-state index contributed by atoms with van der Waals surface area (Å²) < 4.78 is 1.14. The molecule has 0 spiro atoms. The predicted molar refractivity (Wildman–Crippen MR) is 80.6 cm³/mol. The molecule has 1 aromatic carbocycles. The van der Waals surface area contributed by atoms with Crippen LogP contribution in [-0.4, -0.2) is 19.0 Å². The number of hydrogen-bond acceptors (Lipinski definition) is 2. The molecule has 2 N–H and O–H groups in total. The molecular weight excluding hydrogens is 351 g/mol. The molecule has 1 fully saturated rings. The van der Waals surface area contributed by atoms with Crippen LogP contribution in [0.1, 0.15) is 12.8 Å². The van der Waals surface area contributed by atoms with Crippen LogP contribution < -0.4 is 10.6 Å². The molecule has 1 unspecified atom stereocenters. The largest absolute Gasteiger partial charge is 0.326 e. The molecule has 1 atom stereocenters. The molecule has 5 heteroatoms. The summed E-state index contributed by atoms with van der Waals surface area (Å²) in [6.07, 6.45) is 2.08. The number of halogens is 2. The number of rotatable bonds is 2. The quantitative estimate of drug-likeness (QED) is 0.790. The van der Waals surface area contributed by atoms with E-state index >= 15 is 0 Å². The molecule has 0 saturated carbocycles. The molecule has 1 saturated heterocycles. The minimum Gasteiger partial charge on any atom is -0.326 e. The molecule has 2 rings (SSSR count). The summed E-state index contributed by atoms with van der Waals surface area (Å²) in [6, 6.07) is 7.87. The second-order valence-corrected chi connectivity index (χ2v) is 5.29. The second-order valence-electron chi connectivity index (χ2n) is 4.04. The van der Waals surface area contributed by atoms with Crippen molar-refractivity contribution in [3.05, 3.63) is 27.8 Å². The van der Waals surface area contributed by atoms with E-state index in [1.165, 1.54) is 0 Å². The lowest BCUT2D eigenvalue weighted by Gasteiger charge is -2.21. The van der Waals surface area contributed by atoms with Crippen LogP contribution in [0.25, 0.3) is 0 Å². The van der Waals surface area contributed by atoms with Crippen LogP contribution in [0.3, 0.4) is 0 Å². The van der Waals surface area contributed by atoms with Crippen LogP contribution >= 0.6 is 35.0 Å². The number of carbonyl (C=O) groups is 1. The minimum atomic E-state index is 0. The van der Waals surface area contributed by atoms with Crippen LogP contribution in [0, 0.1) is 9.49 Å². The Morgan fingerprint density at radius 1 is 1.47 bits per heavy atom. The third-order valence-corrected chi connectivity index (χ3v) is 3.43. The van der Waals surface area contributed by atoms with Crippen LogP contribution in [0.15, 0.2) is 24.3 Å². The summed E-state index contributed by atoms with van der Waals surface area (Å²) >= 11 is 2.24. The summed E-state index contributed by atoms with van der Waals surface area (Å²) in [5, 5.41) is 6.22. The molecule has 0 aliphatic carbocycles. The monoisotopic (exact) mass is 366 g/mol. The van der Waals surface area contributed by atoms with Gasteiger partial charge in [0.25, 0.3) is 0 Å². The van der Waals surface area contributed by atoms with Gasteiger partial charge in [0.1, 0.15) is 0 Å². The summed E-state index contributed by atoms with van der Waals surface area (Å²) in [5.41, 5.74) is 0.891. The van der Waals surface area contributed by atoms with Crippen molar-refractivity contribution in [3.8, 4) is 0 Å². The molecule has 1 amide bonds. The van der Waals surface area contributed by atoms with Gasteiger partial charge >= 0.3 is 0 Å². The lowest BCUT2D eigenvalue weighted by molar-refractivity contribution is -0.120. The van der Waals surface area contributed by atoms with Crippen LogP contribution in [0.2, 0.25) is 0 Å². The van der Waals surface area contributed by atoms with Gasteiger partial charge in [-0.3, -0.25) is 4.79 Å². The van der Waals surface area contributed by atoms with Gasteiger partial charge in [-0.25, -0.2) is 0 Å². The number of nitrogens with one attached hydrogen (secondary N) is 2. The average molecular weight is 367 g/mol. The van der Waals surface area contributed by atoms with Crippen LogP contribution in [0.5, 0.6) is 0 Å². The molecule has 3 nitrogen and oxygen atoms in total. The van der Waals surface area contributed by atoms with Gasteiger partial charge in [-0.15, -0.1) is 12.4 Å². The Balaban J connectivity index is 0.00000144. The van der Waals surface area contributed by atoms with Gasteiger partial charge in [0.05, 0.1) is 5.92 Å². The number of piperidine rings is 1. The summed E-state index contributed by atoms with van der Waals surface area (Å²) in [4.78, 5) is 11.9. The minimum absolute atomic E-state index is 0. The zero-order valence-electron chi connectivity index (χ0n) is 9.41. The Bertz CT molecular complexity index is 381. The molecule has 0 bridgehead atoms. The predicted octanol–water partition coefficient (Wildman–Crippen LogP) is 2.65. The Morgan fingerprint density at radius 3 is 2.94 bits per heavy atom. The van der Waals surface area contributed by atoms with Crippen molar-refractivity contribution < 1.29 is 4.79 Å². The first-order valence-electron chi connectivity index (χ1n) is 5.53. The van der Waals surface area contributed by atoms with Crippen molar-refractivity contribution >= 4 is 46.6 Å². The van der Waals surface area contributed by atoms with Crippen LogP contribution in [-0.2, 0) is 4.79 Å². The Morgan fingerprint density at radius 2 is 2.29 bits per heavy atom. The number of benzene rings is 1. The maximum atomic E-state index is 11.9. The van der Waals surface area contributed by atoms with E-state index in [0.717, 1.165) is 35.2 Å². The molecule has 1 heterocycles. The fraction of sp³-hybridized carbons (Fsp3) is 0.417. The van der Waals surface area contributed by atoms with Crippen molar-refractivity contribution in [2.75, 3.05) is 18.4 Å². The molecule has 1 aliphatic heterocycles. The standard InChI is InChI=1S/C12H15IN2O.ClH/c13-10-4-1-5-11(7-10)15-12(16)9-3-2-6-14-8-9;/h1,4-5,7,9,14H,2-3,6,8H2,(H,15,16);1H. The SMILES string of the molecule is Cl.O=C(Nc1cccc(I)c1)C1CCCNC1. The van der Waals surface area contributed by atoms with Crippen molar-refractivity contribution in [1.82, 2.24) is 5.32 Å². The van der Waals surface area contributed by atoms with Crippen molar-refractivity contribution in [1.29, 1.82) is 0 Å². The average Bonchev–Trinajstić information content (AvgIpc) is 2.30. The smallest absolute Gasteiger partial charge is 0.228 e. The maximum absolute atomic E-state index is 11.9. The van der Waals surface area contributed by atoms with E-state index in [1.54, 1.807) is 0 Å². The summed E-state index contributed by atoms with van der Waals surface area (Å²) in [6.45, 7) is 1.84. The molecule has 17 heavy (non-hydrogen) atoms. The number of amides is 1. The fourth-order valence-corrected chi connectivity index (χ4v) is 2.43. The highest BCUT2D eigenvalue weighted by Crippen LogP contribution is 2.16. The van der Waals surface area contributed by atoms with Gasteiger partial charge in [-0.05, 0) is 60.2 Å². The zero-order valence-corrected chi connectivity index (χ0v) is 12.4. The normalized spacial score (nSPS) is 19.2. The Labute approximate surface area is 121 Å². The van der Waals surface area contributed by atoms with E-state index in [2.05, 4.69) is 33.2 Å². The molecule has 0 radical (unpaired) electrons. The summed E-state index contributed by atoms with van der Waals surface area (Å²) in [7, 11) is 0. The molecular formula is C12H16ClIN2O. The van der Waals surface area contributed by atoms with Crippen molar-refractivity contribution in [2.45, 2.75) is 12.8 Å². The zero-order chi connectivity index (χ0) is 11.4. The van der Waals surface area contributed by atoms with Gasteiger partial charge < -0.3 is 10.6 Å². The van der Waals surface area contributed by atoms with Gasteiger partial charge in [-0.2, -0.15) is 0 Å². The highest BCUT2D eigenvalue weighted by molar-refractivity contribution is 14.1. The third-order valence-electron chi connectivity index (χ3n) is 2.76. The Kier molecular flexibility index (Phi) is 6.22. The van der Waals surface area contributed by atoms with E-state index in [4.69, 9.17) is 0 Å². The first kappa shape index (κ1) is 14.7. The molecule has 1 aromatic rings. The molecule has 94 valence electrons. The van der Waals surface area contributed by atoms with Gasteiger partial charge in [0, 0.05) is 15.8 Å². The molecule has 1 aliphatic rings. The number of anilines is 1. The van der Waals surface area contributed by atoms with E-state index in [-0.39, 0.29) is 24.2 Å². The first-order chi connectivity index (χ1) is 7.75. The van der Waals surface area contributed by atoms with Crippen LogP contribution in [0.4, 0.5) is 5.69 Å². The van der Waals surface area contributed by atoms with Crippen molar-refractivity contribution in [2.24, 2.45) is 5.92 Å². The van der Waals surface area contributed by atoms with Gasteiger partial charge in [-0.1, -0.05) is 6.07 Å².